The molecule has 0 radical (unpaired) electrons. The van der Waals surface area contributed by atoms with Crippen molar-refractivity contribution >= 4 is 23.3 Å². The van der Waals surface area contributed by atoms with Crippen molar-refractivity contribution in [3.05, 3.63) is 58.6 Å². The van der Waals surface area contributed by atoms with Crippen molar-refractivity contribution < 1.29 is 14.6 Å². The van der Waals surface area contributed by atoms with Gasteiger partial charge in [-0.25, -0.2) is 4.79 Å². The highest BCUT2D eigenvalue weighted by atomic mass is 35.5. The van der Waals surface area contributed by atoms with Gasteiger partial charge in [-0.05, 0) is 29.7 Å². The first-order valence-corrected chi connectivity index (χ1v) is 7.58. The molecule has 122 valence electrons. The first kappa shape index (κ1) is 17.1. The molecule has 23 heavy (non-hydrogen) atoms. The molecule has 0 aliphatic rings. The maximum Gasteiger partial charge on any atom is 0.319 e. The van der Waals surface area contributed by atoms with E-state index in [0.717, 1.165) is 11.1 Å². The van der Waals surface area contributed by atoms with Gasteiger partial charge in [-0.15, -0.1) is 0 Å². The van der Waals surface area contributed by atoms with Gasteiger partial charge in [-0.3, -0.25) is 0 Å². The van der Waals surface area contributed by atoms with Crippen LogP contribution in [0.3, 0.4) is 0 Å². The molecule has 5 nitrogen and oxygen atoms in total. The molecule has 0 bridgehead atoms. The molecule has 0 atom stereocenters. The van der Waals surface area contributed by atoms with E-state index in [4.69, 9.17) is 21.4 Å². The SMILES string of the molecule is COc1c(Cl)cccc1NC(=O)NCCc1ccc(CO)cc1. The van der Waals surface area contributed by atoms with Crippen LogP contribution in [0.2, 0.25) is 5.02 Å². The highest BCUT2D eigenvalue weighted by Crippen LogP contribution is 2.32. The van der Waals surface area contributed by atoms with E-state index in [2.05, 4.69) is 10.6 Å². The van der Waals surface area contributed by atoms with Gasteiger partial charge in [-0.1, -0.05) is 41.9 Å². The zero-order valence-corrected chi connectivity index (χ0v) is 13.6. The highest BCUT2D eigenvalue weighted by Gasteiger charge is 2.09. The van der Waals surface area contributed by atoms with Crippen molar-refractivity contribution in [1.82, 2.24) is 5.32 Å². The smallest absolute Gasteiger partial charge is 0.319 e. The van der Waals surface area contributed by atoms with E-state index in [9.17, 15) is 4.79 Å². The van der Waals surface area contributed by atoms with Crippen LogP contribution in [0.15, 0.2) is 42.5 Å². The van der Waals surface area contributed by atoms with Crippen LogP contribution < -0.4 is 15.4 Å². The Morgan fingerprint density at radius 2 is 1.87 bits per heavy atom. The molecule has 0 unspecified atom stereocenters. The summed E-state index contributed by atoms with van der Waals surface area (Å²) in [5.74, 6) is 0.434. The van der Waals surface area contributed by atoms with Gasteiger partial charge in [0.25, 0.3) is 0 Å². The average Bonchev–Trinajstić information content (AvgIpc) is 2.56. The molecule has 0 saturated carbocycles. The van der Waals surface area contributed by atoms with Crippen LogP contribution in [0.5, 0.6) is 5.75 Å². The van der Waals surface area contributed by atoms with Gasteiger partial charge in [0.15, 0.2) is 5.75 Å². The summed E-state index contributed by atoms with van der Waals surface area (Å²) in [5, 5.41) is 14.9. The van der Waals surface area contributed by atoms with Gasteiger partial charge in [0.1, 0.15) is 0 Å². The molecule has 2 aromatic rings. The summed E-state index contributed by atoms with van der Waals surface area (Å²) in [6, 6.07) is 12.4. The second-order valence-corrected chi connectivity index (χ2v) is 5.33. The fourth-order valence-electron chi connectivity index (χ4n) is 2.11. The Kier molecular flexibility index (Phi) is 6.26. The Hall–Kier alpha value is -2.24. The lowest BCUT2D eigenvalue weighted by Gasteiger charge is -2.12. The first-order chi connectivity index (χ1) is 11.1. The van der Waals surface area contributed by atoms with E-state index < -0.39 is 0 Å². The number of rotatable bonds is 6. The molecular weight excluding hydrogens is 316 g/mol. The number of amides is 2. The number of carbonyl (C=O) groups is 1. The quantitative estimate of drug-likeness (QED) is 0.759. The summed E-state index contributed by atoms with van der Waals surface area (Å²) in [7, 11) is 1.50. The summed E-state index contributed by atoms with van der Waals surface area (Å²) in [6.45, 7) is 0.523. The Morgan fingerprint density at radius 1 is 1.17 bits per heavy atom. The maximum atomic E-state index is 11.9. The van der Waals surface area contributed by atoms with Gasteiger partial charge < -0.3 is 20.5 Å². The molecule has 2 amide bonds. The number of aliphatic hydroxyl groups excluding tert-OH is 1. The number of ether oxygens (including phenoxy) is 1. The minimum Gasteiger partial charge on any atom is -0.493 e. The zero-order valence-electron chi connectivity index (χ0n) is 12.8. The predicted octanol–water partition coefficient (Wildman–Crippen LogP) is 3.21. The predicted molar refractivity (Wildman–Crippen MR) is 91.1 cm³/mol. The number of anilines is 1. The topological polar surface area (TPSA) is 70.6 Å². The minimum absolute atomic E-state index is 0.0302. The molecule has 6 heteroatoms. The molecule has 0 aliphatic heterocycles. The fraction of sp³-hybridized carbons (Fsp3) is 0.235. The van der Waals surface area contributed by atoms with Crippen LogP contribution in [-0.2, 0) is 13.0 Å². The molecule has 0 aromatic heterocycles. The number of para-hydroxylation sites is 1. The number of hydrogen-bond donors (Lipinski definition) is 3. The van der Waals surface area contributed by atoms with Crippen molar-refractivity contribution in [2.75, 3.05) is 19.0 Å². The zero-order chi connectivity index (χ0) is 16.7. The highest BCUT2D eigenvalue weighted by molar-refractivity contribution is 6.32. The second-order valence-electron chi connectivity index (χ2n) is 4.93. The van der Waals surface area contributed by atoms with Gasteiger partial charge in [-0.2, -0.15) is 0 Å². The van der Waals surface area contributed by atoms with Crippen LogP contribution in [0.25, 0.3) is 0 Å². The van der Waals surface area contributed by atoms with Gasteiger partial charge in [0.05, 0.1) is 24.4 Å². The van der Waals surface area contributed by atoms with Crippen LogP contribution in [0, 0.1) is 0 Å². The summed E-state index contributed by atoms with van der Waals surface area (Å²) in [4.78, 5) is 11.9. The molecule has 0 spiro atoms. The molecular formula is C17H19ClN2O3. The number of halogens is 1. The number of carbonyl (C=O) groups excluding carboxylic acids is 1. The second kappa shape index (κ2) is 8.41. The summed E-state index contributed by atoms with van der Waals surface area (Å²) < 4.78 is 5.18. The molecule has 3 N–H and O–H groups in total. The largest absolute Gasteiger partial charge is 0.493 e. The van der Waals surface area contributed by atoms with Crippen LogP contribution >= 0.6 is 11.6 Å². The van der Waals surface area contributed by atoms with E-state index in [1.165, 1.54) is 7.11 Å². The lowest BCUT2D eigenvalue weighted by atomic mass is 10.1. The van der Waals surface area contributed by atoms with Crippen molar-refractivity contribution in [1.29, 1.82) is 0 Å². The number of aliphatic hydroxyl groups is 1. The number of nitrogens with one attached hydrogen (secondary N) is 2. The van der Waals surface area contributed by atoms with Crippen LogP contribution in [0.4, 0.5) is 10.5 Å². The van der Waals surface area contributed by atoms with Crippen LogP contribution in [-0.4, -0.2) is 24.8 Å². The summed E-state index contributed by atoms with van der Waals surface area (Å²) in [5.41, 5.74) is 2.47. The van der Waals surface area contributed by atoms with Crippen LogP contribution in [0.1, 0.15) is 11.1 Å². The number of methoxy groups -OCH3 is 1. The van der Waals surface area contributed by atoms with Gasteiger partial charge >= 0.3 is 6.03 Å². The first-order valence-electron chi connectivity index (χ1n) is 7.20. The molecule has 0 heterocycles. The standard InChI is InChI=1S/C17H19ClN2O3/c1-23-16-14(18)3-2-4-15(16)20-17(22)19-10-9-12-5-7-13(11-21)8-6-12/h2-8,21H,9-11H2,1H3,(H2,19,20,22). The Morgan fingerprint density at radius 3 is 2.52 bits per heavy atom. The van der Waals surface area contributed by atoms with Crippen molar-refractivity contribution in [3.63, 3.8) is 0 Å². The third kappa shape index (κ3) is 4.87. The molecule has 2 rings (SSSR count). The minimum atomic E-state index is -0.322. The van der Waals surface area contributed by atoms with Crippen molar-refractivity contribution in [2.45, 2.75) is 13.0 Å². The average molecular weight is 335 g/mol. The van der Waals surface area contributed by atoms with E-state index >= 15 is 0 Å². The number of hydrogen-bond acceptors (Lipinski definition) is 3. The normalized spacial score (nSPS) is 10.2. The van der Waals surface area contributed by atoms with Gasteiger partial charge in [0, 0.05) is 6.54 Å². The Labute approximate surface area is 140 Å². The number of urea groups is 1. The van der Waals surface area contributed by atoms with E-state index in [1.54, 1.807) is 18.2 Å². The lowest BCUT2D eigenvalue weighted by molar-refractivity contribution is 0.252. The monoisotopic (exact) mass is 334 g/mol. The van der Waals surface area contributed by atoms with E-state index in [1.807, 2.05) is 24.3 Å². The lowest BCUT2D eigenvalue weighted by Crippen LogP contribution is -2.30. The van der Waals surface area contributed by atoms with E-state index in [-0.39, 0.29) is 12.6 Å². The number of benzene rings is 2. The molecule has 0 saturated heterocycles. The molecule has 0 aliphatic carbocycles. The third-order valence-electron chi connectivity index (χ3n) is 3.32. The van der Waals surface area contributed by atoms with Gasteiger partial charge in [0.2, 0.25) is 0 Å². The molecule has 2 aromatic carbocycles. The van der Waals surface area contributed by atoms with Crippen molar-refractivity contribution in [2.24, 2.45) is 0 Å². The maximum absolute atomic E-state index is 11.9. The molecule has 0 fully saturated rings. The van der Waals surface area contributed by atoms with E-state index in [0.29, 0.717) is 29.4 Å². The third-order valence-corrected chi connectivity index (χ3v) is 3.62. The fourth-order valence-corrected chi connectivity index (χ4v) is 2.36. The Bertz CT molecular complexity index is 659. The summed E-state index contributed by atoms with van der Waals surface area (Å²) in [6.07, 6.45) is 0.700. The van der Waals surface area contributed by atoms with Crippen molar-refractivity contribution in [3.8, 4) is 5.75 Å². The Balaban J connectivity index is 1.84. The summed E-state index contributed by atoms with van der Waals surface area (Å²) >= 11 is 6.01.